The van der Waals surface area contributed by atoms with Crippen molar-refractivity contribution in [2.75, 3.05) is 26.2 Å². The fraction of sp³-hybridized carbons (Fsp3) is 0.348. The number of thiophene rings is 1. The zero-order valence-electron chi connectivity index (χ0n) is 16.0. The zero-order valence-corrected chi connectivity index (χ0v) is 16.8. The van der Waals surface area contributed by atoms with E-state index in [0.29, 0.717) is 5.92 Å². The fourth-order valence-corrected chi connectivity index (χ4v) is 4.36. The zero-order chi connectivity index (χ0) is 19.2. The Labute approximate surface area is 170 Å². The van der Waals surface area contributed by atoms with E-state index in [-0.39, 0.29) is 12.5 Å². The molecule has 1 aliphatic heterocycles. The Morgan fingerprint density at radius 3 is 2.71 bits per heavy atom. The van der Waals surface area contributed by atoms with Gasteiger partial charge in [0.05, 0.1) is 0 Å². The third-order valence-electron chi connectivity index (χ3n) is 5.37. The first-order valence-corrected chi connectivity index (χ1v) is 10.8. The fourth-order valence-electron chi connectivity index (χ4n) is 3.70. The number of ether oxygens (including phenoxy) is 1. The minimum absolute atomic E-state index is 0.0474. The lowest BCUT2D eigenvalue weighted by Gasteiger charge is -2.31. The van der Waals surface area contributed by atoms with E-state index in [9.17, 15) is 4.79 Å². The monoisotopic (exact) mass is 394 g/mol. The highest BCUT2D eigenvalue weighted by Crippen LogP contribution is 2.21. The molecule has 0 radical (unpaired) electrons. The van der Waals surface area contributed by atoms with Crippen molar-refractivity contribution >= 4 is 28.0 Å². The van der Waals surface area contributed by atoms with Crippen LogP contribution in [-0.2, 0) is 11.3 Å². The van der Waals surface area contributed by atoms with E-state index in [4.69, 9.17) is 4.74 Å². The molecule has 2 heterocycles. The van der Waals surface area contributed by atoms with Crippen molar-refractivity contribution in [1.29, 1.82) is 0 Å². The van der Waals surface area contributed by atoms with E-state index in [0.717, 1.165) is 50.2 Å². The summed E-state index contributed by atoms with van der Waals surface area (Å²) in [6.07, 6.45) is 2.27. The van der Waals surface area contributed by atoms with Crippen LogP contribution in [0.15, 0.2) is 59.3 Å². The molecule has 1 N–H and O–H groups in total. The molecule has 4 rings (SSSR count). The van der Waals surface area contributed by atoms with Crippen LogP contribution in [0.2, 0.25) is 0 Å². The summed E-state index contributed by atoms with van der Waals surface area (Å²) in [6.45, 7) is 4.05. The number of likely N-dealkylation sites (tertiary alicyclic amines) is 1. The quantitative estimate of drug-likeness (QED) is 0.649. The second-order valence-corrected chi connectivity index (χ2v) is 8.23. The van der Waals surface area contributed by atoms with Gasteiger partial charge in [-0.05, 0) is 77.1 Å². The number of fused-ring (bicyclic) bond motifs is 1. The van der Waals surface area contributed by atoms with Crippen LogP contribution in [0.4, 0.5) is 0 Å². The van der Waals surface area contributed by atoms with Gasteiger partial charge in [0.1, 0.15) is 5.75 Å². The van der Waals surface area contributed by atoms with E-state index in [1.54, 1.807) is 11.3 Å². The van der Waals surface area contributed by atoms with Gasteiger partial charge in [-0.25, -0.2) is 0 Å². The van der Waals surface area contributed by atoms with Crippen molar-refractivity contribution in [2.45, 2.75) is 19.4 Å². The topological polar surface area (TPSA) is 41.6 Å². The SMILES string of the molecule is O=C(COc1ccc2ccccc2c1)NCC1CCN(Cc2ccsc2)CC1. The summed E-state index contributed by atoms with van der Waals surface area (Å²) < 4.78 is 5.67. The van der Waals surface area contributed by atoms with Gasteiger partial charge in [-0.1, -0.05) is 30.3 Å². The number of hydrogen-bond donors (Lipinski definition) is 1. The summed E-state index contributed by atoms with van der Waals surface area (Å²) >= 11 is 1.76. The summed E-state index contributed by atoms with van der Waals surface area (Å²) in [7, 11) is 0. The predicted octanol–water partition coefficient (Wildman–Crippen LogP) is 4.31. The second kappa shape index (κ2) is 9.22. The number of benzene rings is 2. The molecule has 1 amide bonds. The molecule has 1 fully saturated rings. The van der Waals surface area contributed by atoms with Crippen molar-refractivity contribution in [3.63, 3.8) is 0 Å². The average Bonchev–Trinajstić information content (AvgIpc) is 3.24. The van der Waals surface area contributed by atoms with Crippen molar-refractivity contribution in [1.82, 2.24) is 10.2 Å². The number of nitrogens with one attached hydrogen (secondary N) is 1. The van der Waals surface area contributed by atoms with Gasteiger partial charge < -0.3 is 10.1 Å². The van der Waals surface area contributed by atoms with Crippen molar-refractivity contribution in [3.8, 4) is 5.75 Å². The standard InChI is InChI=1S/C23H26N2O2S/c26-23(16-27-22-6-5-20-3-1-2-4-21(20)13-22)24-14-18-7-10-25(11-8-18)15-19-9-12-28-17-19/h1-6,9,12-13,17-18H,7-8,10-11,14-16H2,(H,24,26). The molecular weight excluding hydrogens is 368 g/mol. The summed E-state index contributed by atoms with van der Waals surface area (Å²) in [5.41, 5.74) is 1.41. The van der Waals surface area contributed by atoms with Crippen LogP contribution in [0.25, 0.3) is 10.8 Å². The van der Waals surface area contributed by atoms with E-state index >= 15 is 0 Å². The highest BCUT2D eigenvalue weighted by Gasteiger charge is 2.20. The number of hydrogen-bond acceptors (Lipinski definition) is 4. The van der Waals surface area contributed by atoms with Crippen molar-refractivity contribution in [2.24, 2.45) is 5.92 Å². The molecule has 2 aromatic carbocycles. The number of carbonyl (C=O) groups is 1. The van der Waals surface area contributed by atoms with Crippen LogP contribution in [-0.4, -0.2) is 37.0 Å². The molecule has 0 aliphatic carbocycles. The highest BCUT2D eigenvalue weighted by molar-refractivity contribution is 7.07. The summed E-state index contributed by atoms with van der Waals surface area (Å²) in [4.78, 5) is 14.7. The molecular formula is C23H26N2O2S. The number of amides is 1. The Balaban J connectivity index is 1.16. The first kappa shape index (κ1) is 19.0. The van der Waals surface area contributed by atoms with Gasteiger partial charge in [-0.15, -0.1) is 0 Å². The maximum absolute atomic E-state index is 12.2. The van der Waals surface area contributed by atoms with Crippen molar-refractivity contribution < 1.29 is 9.53 Å². The van der Waals surface area contributed by atoms with E-state index < -0.39 is 0 Å². The van der Waals surface area contributed by atoms with E-state index in [1.807, 2.05) is 36.4 Å². The van der Waals surface area contributed by atoms with Gasteiger partial charge in [-0.3, -0.25) is 9.69 Å². The molecule has 0 spiro atoms. The second-order valence-electron chi connectivity index (χ2n) is 7.45. The Morgan fingerprint density at radius 1 is 1.11 bits per heavy atom. The molecule has 0 bridgehead atoms. The van der Waals surface area contributed by atoms with Crippen LogP contribution < -0.4 is 10.1 Å². The summed E-state index contributed by atoms with van der Waals surface area (Å²) in [5.74, 6) is 1.24. The van der Waals surface area contributed by atoms with Crippen LogP contribution >= 0.6 is 11.3 Å². The Hall–Kier alpha value is -2.37. The Bertz CT molecular complexity index is 902. The third-order valence-corrected chi connectivity index (χ3v) is 6.10. The maximum atomic E-state index is 12.2. The highest BCUT2D eigenvalue weighted by atomic mass is 32.1. The first-order valence-electron chi connectivity index (χ1n) is 9.88. The van der Waals surface area contributed by atoms with Crippen LogP contribution in [0.1, 0.15) is 18.4 Å². The Kier molecular flexibility index (Phi) is 6.24. The van der Waals surface area contributed by atoms with Crippen molar-refractivity contribution in [3.05, 3.63) is 64.9 Å². The molecule has 0 atom stereocenters. The largest absolute Gasteiger partial charge is 0.484 e. The first-order chi connectivity index (χ1) is 13.8. The molecule has 4 nitrogen and oxygen atoms in total. The lowest BCUT2D eigenvalue weighted by molar-refractivity contribution is -0.123. The molecule has 5 heteroatoms. The number of carbonyl (C=O) groups excluding carboxylic acids is 1. The van der Waals surface area contributed by atoms with E-state index in [1.165, 1.54) is 10.9 Å². The lowest BCUT2D eigenvalue weighted by Crippen LogP contribution is -2.39. The molecule has 0 unspecified atom stereocenters. The molecule has 1 aromatic heterocycles. The van der Waals surface area contributed by atoms with Gasteiger partial charge in [0.2, 0.25) is 0 Å². The maximum Gasteiger partial charge on any atom is 0.257 e. The van der Waals surface area contributed by atoms with Crippen LogP contribution in [0.5, 0.6) is 5.75 Å². The molecule has 1 aliphatic rings. The lowest BCUT2D eigenvalue weighted by atomic mass is 9.96. The smallest absolute Gasteiger partial charge is 0.257 e. The number of nitrogens with zero attached hydrogens (tertiary/aromatic N) is 1. The van der Waals surface area contributed by atoms with Gasteiger partial charge in [0, 0.05) is 13.1 Å². The molecule has 146 valence electrons. The average molecular weight is 395 g/mol. The normalized spacial score (nSPS) is 15.6. The summed E-state index contributed by atoms with van der Waals surface area (Å²) in [6, 6.07) is 16.3. The van der Waals surface area contributed by atoms with Gasteiger partial charge in [0.25, 0.3) is 5.91 Å². The number of rotatable bonds is 7. The van der Waals surface area contributed by atoms with Gasteiger partial charge >= 0.3 is 0 Å². The molecule has 3 aromatic rings. The minimum Gasteiger partial charge on any atom is -0.484 e. The molecule has 0 saturated carbocycles. The Morgan fingerprint density at radius 2 is 1.93 bits per heavy atom. The molecule has 28 heavy (non-hydrogen) atoms. The van der Waals surface area contributed by atoms with Crippen LogP contribution in [0.3, 0.4) is 0 Å². The predicted molar refractivity (Wildman–Crippen MR) is 115 cm³/mol. The van der Waals surface area contributed by atoms with Crippen LogP contribution in [0, 0.1) is 5.92 Å². The van der Waals surface area contributed by atoms with Gasteiger partial charge in [-0.2, -0.15) is 11.3 Å². The third kappa shape index (κ3) is 5.12. The minimum atomic E-state index is -0.0474. The summed E-state index contributed by atoms with van der Waals surface area (Å²) in [5, 5.41) is 9.69. The van der Waals surface area contributed by atoms with E-state index in [2.05, 4.69) is 33.1 Å². The number of piperidine rings is 1. The van der Waals surface area contributed by atoms with Gasteiger partial charge in [0.15, 0.2) is 6.61 Å². The molecule has 1 saturated heterocycles.